The van der Waals surface area contributed by atoms with Crippen molar-refractivity contribution in [2.75, 3.05) is 18.4 Å². The van der Waals surface area contributed by atoms with Gasteiger partial charge in [-0.05, 0) is 38.8 Å². The number of hydrogen-bond donors (Lipinski definition) is 0. The summed E-state index contributed by atoms with van der Waals surface area (Å²) >= 11 is 12.1. The summed E-state index contributed by atoms with van der Waals surface area (Å²) in [5, 5.41) is 0. The number of rotatable bonds is 6. The lowest BCUT2D eigenvalue weighted by atomic mass is 9.81. The van der Waals surface area contributed by atoms with Crippen LogP contribution >= 0.6 is 23.2 Å². The Labute approximate surface area is 125 Å². The molecule has 0 N–H and O–H groups in total. The van der Waals surface area contributed by atoms with Crippen molar-refractivity contribution in [2.24, 2.45) is 0 Å². The van der Waals surface area contributed by atoms with Crippen LogP contribution in [-0.4, -0.2) is 24.0 Å². The van der Waals surface area contributed by atoms with Crippen molar-refractivity contribution in [1.29, 1.82) is 0 Å². The van der Waals surface area contributed by atoms with Gasteiger partial charge in [-0.15, -0.1) is 23.2 Å². The summed E-state index contributed by atoms with van der Waals surface area (Å²) in [4.78, 5) is 0. The van der Waals surface area contributed by atoms with E-state index in [1.165, 1.54) is 6.07 Å². The van der Waals surface area contributed by atoms with Crippen LogP contribution in [-0.2, 0) is 10.2 Å². The molecule has 1 nitrogen and oxygen atoms in total. The van der Waals surface area contributed by atoms with Crippen LogP contribution in [0.2, 0.25) is 0 Å². The molecule has 0 aliphatic carbocycles. The molecule has 0 saturated heterocycles. The lowest BCUT2D eigenvalue weighted by molar-refractivity contribution is -0.00977. The van der Waals surface area contributed by atoms with Crippen LogP contribution in [0.5, 0.6) is 0 Å². The number of hydrogen-bond acceptors (Lipinski definition) is 1. The van der Waals surface area contributed by atoms with Crippen LogP contribution in [0.25, 0.3) is 0 Å². The Hall–Kier alpha value is -0.310. The molecule has 0 spiro atoms. The third-order valence-corrected chi connectivity index (χ3v) is 4.10. The smallest absolute Gasteiger partial charge is 0.127 e. The van der Waals surface area contributed by atoms with E-state index in [2.05, 4.69) is 0 Å². The second kappa shape index (κ2) is 6.92. The fourth-order valence-corrected chi connectivity index (χ4v) is 2.73. The highest BCUT2D eigenvalue weighted by molar-refractivity contribution is 6.22. The summed E-state index contributed by atoms with van der Waals surface area (Å²) in [5.41, 5.74) is -0.239. The maximum absolute atomic E-state index is 14.0. The molecule has 1 aromatic rings. The van der Waals surface area contributed by atoms with Crippen LogP contribution in [0.1, 0.15) is 32.8 Å². The highest BCUT2D eigenvalue weighted by atomic mass is 35.5. The lowest BCUT2D eigenvalue weighted by Gasteiger charge is -2.32. The summed E-state index contributed by atoms with van der Waals surface area (Å²) in [7, 11) is 0. The Morgan fingerprint density at radius 3 is 2.16 bits per heavy atom. The second-order valence-electron chi connectivity index (χ2n) is 5.74. The van der Waals surface area contributed by atoms with E-state index in [-0.39, 0.29) is 23.2 Å². The molecular weight excluding hydrogens is 286 g/mol. The summed E-state index contributed by atoms with van der Waals surface area (Å²) < 4.78 is 19.7. The van der Waals surface area contributed by atoms with E-state index in [0.29, 0.717) is 18.6 Å². The van der Waals surface area contributed by atoms with Crippen molar-refractivity contribution in [3.8, 4) is 0 Å². The van der Waals surface area contributed by atoms with E-state index >= 15 is 0 Å². The van der Waals surface area contributed by atoms with Gasteiger partial charge < -0.3 is 4.74 Å². The van der Waals surface area contributed by atoms with Crippen molar-refractivity contribution in [3.05, 3.63) is 35.6 Å². The zero-order valence-electron chi connectivity index (χ0n) is 11.7. The quantitative estimate of drug-likeness (QED) is 0.689. The molecular formula is C15H21Cl2FO. The Morgan fingerprint density at radius 2 is 1.68 bits per heavy atom. The normalized spacial score (nSPS) is 12.7. The van der Waals surface area contributed by atoms with Crippen LogP contribution in [0, 0.1) is 5.82 Å². The molecule has 0 amide bonds. The van der Waals surface area contributed by atoms with Gasteiger partial charge in [0.05, 0.1) is 5.60 Å². The van der Waals surface area contributed by atoms with Crippen LogP contribution in [0.4, 0.5) is 4.39 Å². The lowest BCUT2D eigenvalue weighted by Crippen LogP contribution is -2.34. The predicted octanol–water partition coefficient (Wildman–Crippen LogP) is 4.75. The molecule has 0 radical (unpaired) electrons. The summed E-state index contributed by atoms with van der Waals surface area (Å²) in [6, 6.07) is 6.65. The van der Waals surface area contributed by atoms with Crippen LogP contribution in [0.15, 0.2) is 24.3 Å². The Bertz CT molecular complexity index is 397. The molecule has 0 fully saturated rings. The largest absolute Gasteiger partial charge is 0.376 e. The van der Waals surface area contributed by atoms with E-state index in [9.17, 15) is 4.39 Å². The van der Waals surface area contributed by atoms with Gasteiger partial charge in [0, 0.05) is 23.8 Å². The highest BCUT2D eigenvalue weighted by Gasteiger charge is 2.33. The molecule has 0 unspecified atom stereocenters. The summed E-state index contributed by atoms with van der Waals surface area (Å²) in [6.45, 7) is 6.45. The van der Waals surface area contributed by atoms with E-state index in [1.54, 1.807) is 18.2 Å². The molecule has 0 bridgehead atoms. The van der Waals surface area contributed by atoms with E-state index in [1.807, 2.05) is 20.8 Å². The molecule has 0 aliphatic rings. The standard InChI is InChI=1S/C15H21Cl2FO/c1-14(2,3)19-9-8-15(10-16,11-17)12-6-4-5-7-13(12)18/h4-7H,8-11H2,1-3H3. The van der Waals surface area contributed by atoms with Gasteiger partial charge in [-0.25, -0.2) is 4.39 Å². The molecule has 0 heterocycles. The molecule has 0 aliphatic heterocycles. The maximum atomic E-state index is 14.0. The third-order valence-electron chi connectivity index (χ3n) is 3.07. The van der Waals surface area contributed by atoms with Crippen molar-refractivity contribution in [1.82, 2.24) is 0 Å². The molecule has 19 heavy (non-hydrogen) atoms. The van der Waals surface area contributed by atoms with E-state index in [0.717, 1.165) is 0 Å². The topological polar surface area (TPSA) is 9.23 Å². The van der Waals surface area contributed by atoms with Crippen molar-refractivity contribution in [2.45, 2.75) is 38.2 Å². The van der Waals surface area contributed by atoms with Crippen molar-refractivity contribution < 1.29 is 9.13 Å². The predicted molar refractivity (Wildman–Crippen MR) is 79.8 cm³/mol. The van der Waals surface area contributed by atoms with Gasteiger partial charge in [-0.3, -0.25) is 0 Å². The van der Waals surface area contributed by atoms with E-state index < -0.39 is 5.41 Å². The fraction of sp³-hybridized carbons (Fsp3) is 0.600. The highest BCUT2D eigenvalue weighted by Crippen LogP contribution is 2.33. The Morgan fingerprint density at radius 1 is 1.11 bits per heavy atom. The van der Waals surface area contributed by atoms with E-state index in [4.69, 9.17) is 27.9 Å². The number of halogens is 3. The number of ether oxygens (including phenoxy) is 1. The average Bonchev–Trinajstić information content (AvgIpc) is 2.35. The first-order valence-electron chi connectivity index (χ1n) is 6.35. The molecule has 108 valence electrons. The van der Waals surface area contributed by atoms with Gasteiger partial charge in [-0.2, -0.15) is 0 Å². The first-order valence-corrected chi connectivity index (χ1v) is 7.42. The monoisotopic (exact) mass is 306 g/mol. The van der Waals surface area contributed by atoms with Crippen molar-refractivity contribution >= 4 is 23.2 Å². The molecule has 0 atom stereocenters. The van der Waals surface area contributed by atoms with Crippen LogP contribution < -0.4 is 0 Å². The minimum absolute atomic E-state index is 0.223. The zero-order chi connectivity index (χ0) is 14.5. The van der Waals surface area contributed by atoms with Crippen LogP contribution in [0.3, 0.4) is 0 Å². The average molecular weight is 307 g/mol. The third kappa shape index (κ3) is 4.62. The molecule has 1 rings (SSSR count). The summed E-state index contributed by atoms with van der Waals surface area (Å²) in [5.74, 6) is 0.273. The molecule has 0 saturated carbocycles. The zero-order valence-corrected chi connectivity index (χ0v) is 13.2. The first-order chi connectivity index (χ1) is 8.84. The fourth-order valence-electron chi connectivity index (χ4n) is 1.89. The maximum Gasteiger partial charge on any atom is 0.127 e. The molecule has 1 aromatic carbocycles. The SMILES string of the molecule is CC(C)(C)OCCC(CCl)(CCl)c1ccccc1F. The van der Waals surface area contributed by atoms with Gasteiger partial charge in [0.25, 0.3) is 0 Å². The number of benzene rings is 1. The van der Waals surface area contributed by atoms with Gasteiger partial charge in [0.2, 0.25) is 0 Å². The minimum Gasteiger partial charge on any atom is -0.376 e. The molecule has 0 aromatic heterocycles. The Balaban J connectivity index is 2.89. The molecule has 4 heteroatoms. The first kappa shape index (κ1) is 16.7. The van der Waals surface area contributed by atoms with Crippen molar-refractivity contribution in [3.63, 3.8) is 0 Å². The second-order valence-corrected chi connectivity index (χ2v) is 6.27. The van der Waals surface area contributed by atoms with Gasteiger partial charge in [-0.1, -0.05) is 18.2 Å². The Kier molecular flexibility index (Phi) is 6.10. The van der Waals surface area contributed by atoms with Gasteiger partial charge in [0.1, 0.15) is 5.82 Å². The minimum atomic E-state index is -0.584. The van der Waals surface area contributed by atoms with Gasteiger partial charge >= 0.3 is 0 Å². The van der Waals surface area contributed by atoms with Gasteiger partial charge in [0.15, 0.2) is 0 Å². The number of alkyl halides is 2. The summed E-state index contributed by atoms with van der Waals surface area (Å²) in [6.07, 6.45) is 0.595.